The summed E-state index contributed by atoms with van der Waals surface area (Å²) in [6.45, 7) is 2.17. The molecule has 0 amide bonds. The summed E-state index contributed by atoms with van der Waals surface area (Å²) in [7, 11) is 1.71. The molecular formula is C18H20O. The molecule has 0 heterocycles. The lowest BCUT2D eigenvalue weighted by Gasteiger charge is -2.04. The van der Waals surface area contributed by atoms with Crippen LogP contribution in [0.5, 0.6) is 5.75 Å². The van der Waals surface area contributed by atoms with Gasteiger partial charge in [-0.2, -0.15) is 0 Å². The van der Waals surface area contributed by atoms with Gasteiger partial charge in [0, 0.05) is 0 Å². The summed E-state index contributed by atoms with van der Waals surface area (Å²) in [5.74, 6) is 0.932. The molecule has 0 saturated carbocycles. The van der Waals surface area contributed by atoms with Crippen LogP contribution < -0.4 is 4.74 Å². The molecule has 0 unspecified atom stereocenters. The van der Waals surface area contributed by atoms with Crippen molar-refractivity contribution < 1.29 is 4.74 Å². The highest BCUT2D eigenvalue weighted by Crippen LogP contribution is 2.17. The van der Waals surface area contributed by atoms with Gasteiger partial charge in [-0.1, -0.05) is 48.5 Å². The molecule has 98 valence electrons. The maximum Gasteiger partial charge on any atom is 0.119 e. The SMILES string of the molecule is COc1cccc(CC/C=C(\C)c2ccccc2)c1. The molecule has 19 heavy (non-hydrogen) atoms. The minimum atomic E-state index is 0.932. The minimum absolute atomic E-state index is 0.932. The first-order valence-corrected chi connectivity index (χ1v) is 6.64. The topological polar surface area (TPSA) is 9.23 Å². The van der Waals surface area contributed by atoms with Crippen LogP contribution in [-0.2, 0) is 6.42 Å². The number of hydrogen-bond acceptors (Lipinski definition) is 1. The van der Waals surface area contributed by atoms with Crippen molar-refractivity contribution in [3.8, 4) is 5.75 Å². The Bertz CT molecular complexity index is 541. The molecule has 2 aromatic rings. The van der Waals surface area contributed by atoms with E-state index in [0.29, 0.717) is 0 Å². The molecule has 1 nitrogen and oxygen atoms in total. The van der Waals surface area contributed by atoms with Gasteiger partial charge >= 0.3 is 0 Å². The first-order valence-electron chi connectivity index (χ1n) is 6.64. The van der Waals surface area contributed by atoms with E-state index >= 15 is 0 Å². The van der Waals surface area contributed by atoms with E-state index in [1.807, 2.05) is 18.2 Å². The largest absolute Gasteiger partial charge is 0.497 e. The van der Waals surface area contributed by atoms with Gasteiger partial charge in [-0.25, -0.2) is 0 Å². The van der Waals surface area contributed by atoms with Crippen LogP contribution in [-0.4, -0.2) is 7.11 Å². The van der Waals surface area contributed by atoms with Gasteiger partial charge in [0.1, 0.15) is 5.75 Å². The van der Waals surface area contributed by atoms with E-state index in [1.165, 1.54) is 16.7 Å². The zero-order valence-corrected chi connectivity index (χ0v) is 11.6. The maximum atomic E-state index is 5.24. The zero-order chi connectivity index (χ0) is 13.5. The summed E-state index contributed by atoms with van der Waals surface area (Å²) in [5.41, 5.74) is 3.95. The predicted molar refractivity (Wildman–Crippen MR) is 81.4 cm³/mol. The second-order valence-electron chi connectivity index (χ2n) is 4.64. The molecule has 2 rings (SSSR count). The van der Waals surface area contributed by atoms with Crippen LogP contribution in [0, 0.1) is 0 Å². The summed E-state index contributed by atoms with van der Waals surface area (Å²) in [5, 5.41) is 0. The lowest BCUT2D eigenvalue weighted by Crippen LogP contribution is -1.87. The third-order valence-electron chi connectivity index (χ3n) is 3.25. The van der Waals surface area contributed by atoms with Crippen molar-refractivity contribution in [2.45, 2.75) is 19.8 Å². The van der Waals surface area contributed by atoms with Crippen molar-refractivity contribution in [1.29, 1.82) is 0 Å². The lowest BCUT2D eigenvalue weighted by atomic mass is 10.0. The first-order chi connectivity index (χ1) is 9.29. The Kier molecular flexibility index (Phi) is 4.79. The van der Waals surface area contributed by atoms with Crippen LogP contribution in [0.25, 0.3) is 5.57 Å². The normalized spacial score (nSPS) is 11.4. The maximum absolute atomic E-state index is 5.24. The Balaban J connectivity index is 1.95. The van der Waals surface area contributed by atoms with E-state index in [2.05, 4.69) is 49.4 Å². The minimum Gasteiger partial charge on any atom is -0.497 e. The van der Waals surface area contributed by atoms with Crippen molar-refractivity contribution in [2.24, 2.45) is 0 Å². The number of hydrogen-bond donors (Lipinski definition) is 0. The molecule has 2 aromatic carbocycles. The molecule has 0 aliphatic carbocycles. The molecule has 0 N–H and O–H groups in total. The predicted octanol–water partition coefficient (Wildman–Crippen LogP) is 4.73. The molecule has 1 heteroatoms. The van der Waals surface area contributed by atoms with E-state index in [-0.39, 0.29) is 0 Å². The van der Waals surface area contributed by atoms with E-state index in [9.17, 15) is 0 Å². The summed E-state index contributed by atoms with van der Waals surface area (Å²) >= 11 is 0. The van der Waals surface area contributed by atoms with Gasteiger partial charge in [0.05, 0.1) is 7.11 Å². The second-order valence-corrected chi connectivity index (χ2v) is 4.64. The van der Waals surface area contributed by atoms with Crippen LogP contribution in [0.4, 0.5) is 0 Å². The number of allylic oxidation sites excluding steroid dienone is 2. The van der Waals surface area contributed by atoms with Gasteiger partial charge in [0.25, 0.3) is 0 Å². The fraction of sp³-hybridized carbons (Fsp3) is 0.222. The zero-order valence-electron chi connectivity index (χ0n) is 11.6. The number of rotatable bonds is 5. The average molecular weight is 252 g/mol. The Morgan fingerprint density at radius 3 is 2.58 bits per heavy atom. The van der Waals surface area contributed by atoms with Crippen LogP contribution in [0.1, 0.15) is 24.5 Å². The van der Waals surface area contributed by atoms with Gasteiger partial charge in [0.15, 0.2) is 0 Å². The number of benzene rings is 2. The van der Waals surface area contributed by atoms with E-state index in [1.54, 1.807) is 7.11 Å². The van der Waals surface area contributed by atoms with Crippen molar-refractivity contribution in [3.05, 3.63) is 71.8 Å². The molecular weight excluding hydrogens is 232 g/mol. The average Bonchev–Trinajstić information content (AvgIpc) is 2.48. The van der Waals surface area contributed by atoms with Gasteiger partial charge in [0.2, 0.25) is 0 Å². The molecule has 0 aromatic heterocycles. The molecule has 0 fully saturated rings. The van der Waals surface area contributed by atoms with Crippen LogP contribution >= 0.6 is 0 Å². The smallest absolute Gasteiger partial charge is 0.119 e. The third-order valence-corrected chi connectivity index (χ3v) is 3.25. The lowest BCUT2D eigenvalue weighted by molar-refractivity contribution is 0.414. The Hall–Kier alpha value is -2.02. The van der Waals surface area contributed by atoms with Gasteiger partial charge < -0.3 is 4.74 Å². The fourth-order valence-electron chi connectivity index (χ4n) is 2.10. The Labute approximate surface area is 115 Å². The molecule has 0 saturated heterocycles. The third kappa shape index (κ3) is 3.99. The Morgan fingerprint density at radius 2 is 1.84 bits per heavy atom. The second kappa shape index (κ2) is 6.79. The van der Waals surface area contributed by atoms with E-state index < -0.39 is 0 Å². The van der Waals surface area contributed by atoms with E-state index in [0.717, 1.165) is 18.6 Å². The summed E-state index contributed by atoms with van der Waals surface area (Å²) in [6.07, 6.45) is 4.39. The molecule has 0 atom stereocenters. The summed E-state index contributed by atoms with van der Waals surface area (Å²) in [4.78, 5) is 0. The fourth-order valence-corrected chi connectivity index (χ4v) is 2.10. The molecule has 0 radical (unpaired) electrons. The highest BCUT2D eigenvalue weighted by atomic mass is 16.5. The number of ether oxygens (including phenoxy) is 1. The molecule has 0 aliphatic rings. The Morgan fingerprint density at radius 1 is 1.05 bits per heavy atom. The van der Waals surface area contributed by atoms with Crippen LogP contribution in [0.15, 0.2) is 60.7 Å². The highest BCUT2D eigenvalue weighted by Gasteiger charge is 1.96. The first kappa shape index (κ1) is 13.4. The summed E-state index contributed by atoms with van der Waals surface area (Å²) < 4.78 is 5.24. The van der Waals surface area contributed by atoms with Crippen molar-refractivity contribution in [3.63, 3.8) is 0 Å². The van der Waals surface area contributed by atoms with Crippen LogP contribution in [0.2, 0.25) is 0 Å². The highest BCUT2D eigenvalue weighted by molar-refractivity contribution is 5.63. The summed E-state index contributed by atoms with van der Waals surface area (Å²) in [6, 6.07) is 18.8. The monoisotopic (exact) mass is 252 g/mol. The van der Waals surface area contributed by atoms with Crippen molar-refractivity contribution >= 4 is 5.57 Å². The van der Waals surface area contributed by atoms with Crippen molar-refractivity contribution in [2.75, 3.05) is 7.11 Å². The van der Waals surface area contributed by atoms with Gasteiger partial charge in [-0.15, -0.1) is 0 Å². The standard InChI is InChI=1S/C18H20O/c1-15(17-11-4-3-5-12-17)8-6-9-16-10-7-13-18(14-16)19-2/h3-5,7-8,10-14H,6,9H2,1-2H3/b15-8+. The molecule has 0 spiro atoms. The van der Waals surface area contributed by atoms with Crippen molar-refractivity contribution in [1.82, 2.24) is 0 Å². The van der Waals surface area contributed by atoms with Crippen LogP contribution in [0.3, 0.4) is 0 Å². The van der Waals surface area contributed by atoms with E-state index in [4.69, 9.17) is 4.74 Å². The number of methoxy groups -OCH3 is 1. The quantitative estimate of drug-likeness (QED) is 0.747. The van der Waals surface area contributed by atoms with Gasteiger partial charge in [-0.3, -0.25) is 0 Å². The van der Waals surface area contributed by atoms with Gasteiger partial charge in [-0.05, 0) is 48.6 Å². The molecule has 0 aliphatic heterocycles. The number of aryl methyl sites for hydroxylation is 1. The molecule has 0 bridgehead atoms.